The molecule has 1 aliphatic heterocycles. The van der Waals surface area contributed by atoms with Crippen molar-refractivity contribution >= 4 is 17.6 Å². The highest BCUT2D eigenvalue weighted by molar-refractivity contribution is 5.91. The third kappa shape index (κ3) is 3.06. The molecule has 1 aromatic rings. The fourth-order valence-corrected chi connectivity index (χ4v) is 2.70. The molecule has 2 aliphatic rings. The van der Waals surface area contributed by atoms with E-state index in [1.54, 1.807) is 9.80 Å². The highest BCUT2D eigenvalue weighted by Crippen LogP contribution is 2.34. The summed E-state index contributed by atoms with van der Waals surface area (Å²) in [7, 11) is 0. The van der Waals surface area contributed by atoms with Gasteiger partial charge in [0.15, 0.2) is 0 Å². The molecule has 0 spiro atoms. The number of urea groups is 1. The van der Waals surface area contributed by atoms with Gasteiger partial charge in [-0.15, -0.1) is 0 Å². The molecule has 1 saturated heterocycles. The first-order valence-electron chi connectivity index (χ1n) is 7.69. The van der Waals surface area contributed by atoms with Gasteiger partial charge in [-0.25, -0.2) is 4.79 Å². The number of hydrogen-bond acceptors (Lipinski definition) is 3. The summed E-state index contributed by atoms with van der Waals surface area (Å²) in [6.07, 6.45) is 1.56. The molecule has 22 heavy (non-hydrogen) atoms. The summed E-state index contributed by atoms with van der Waals surface area (Å²) >= 11 is 0. The Morgan fingerprint density at radius 1 is 1.14 bits per heavy atom. The first-order chi connectivity index (χ1) is 10.5. The Labute approximate surface area is 130 Å². The van der Waals surface area contributed by atoms with Gasteiger partial charge in [0.2, 0.25) is 5.91 Å². The van der Waals surface area contributed by atoms with Crippen LogP contribution < -0.4 is 11.1 Å². The second kappa shape index (κ2) is 5.61. The van der Waals surface area contributed by atoms with Crippen LogP contribution in [0, 0.1) is 6.92 Å². The minimum atomic E-state index is -0.619. The molecule has 1 aromatic carbocycles. The van der Waals surface area contributed by atoms with E-state index in [4.69, 9.17) is 5.73 Å². The minimum Gasteiger partial charge on any atom is -0.338 e. The zero-order valence-corrected chi connectivity index (χ0v) is 12.8. The van der Waals surface area contributed by atoms with Crippen molar-refractivity contribution in [1.29, 1.82) is 0 Å². The largest absolute Gasteiger partial charge is 0.338 e. The van der Waals surface area contributed by atoms with E-state index < -0.39 is 5.54 Å². The van der Waals surface area contributed by atoms with Gasteiger partial charge in [0.05, 0.1) is 5.54 Å². The summed E-state index contributed by atoms with van der Waals surface area (Å²) in [6.45, 7) is 4.18. The third-order valence-corrected chi connectivity index (χ3v) is 4.34. The van der Waals surface area contributed by atoms with Crippen molar-refractivity contribution in [2.75, 3.05) is 31.5 Å². The minimum absolute atomic E-state index is 0.0336. The smallest absolute Gasteiger partial charge is 0.321 e. The number of nitrogens with two attached hydrogens (primary N) is 1. The number of rotatable bonds is 2. The van der Waals surface area contributed by atoms with Crippen LogP contribution in [0.25, 0.3) is 0 Å². The average molecular weight is 302 g/mol. The Hall–Kier alpha value is -2.08. The maximum atomic E-state index is 12.3. The van der Waals surface area contributed by atoms with Gasteiger partial charge in [-0.2, -0.15) is 0 Å². The zero-order valence-electron chi connectivity index (χ0n) is 12.8. The molecular weight excluding hydrogens is 280 g/mol. The summed E-state index contributed by atoms with van der Waals surface area (Å²) in [6, 6.07) is 7.59. The molecule has 3 amide bonds. The van der Waals surface area contributed by atoms with Gasteiger partial charge in [0.25, 0.3) is 0 Å². The Morgan fingerprint density at radius 2 is 1.77 bits per heavy atom. The van der Waals surface area contributed by atoms with Crippen LogP contribution in [0.3, 0.4) is 0 Å². The van der Waals surface area contributed by atoms with Crippen molar-refractivity contribution in [1.82, 2.24) is 9.80 Å². The number of amides is 3. The molecule has 6 nitrogen and oxygen atoms in total. The number of aryl methyl sites for hydroxylation is 1. The predicted molar refractivity (Wildman–Crippen MR) is 84.5 cm³/mol. The van der Waals surface area contributed by atoms with Crippen molar-refractivity contribution < 1.29 is 9.59 Å². The Kier molecular flexibility index (Phi) is 3.78. The molecule has 2 fully saturated rings. The van der Waals surface area contributed by atoms with Crippen LogP contribution in [0.5, 0.6) is 0 Å². The Balaban J connectivity index is 1.52. The average Bonchev–Trinajstić information content (AvgIpc) is 3.26. The van der Waals surface area contributed by atoms with E-state index in [9.17, 15) is 9.59 Å². The van der Waals surface area contributed by atoms with Gasteiger partial charge in [-0.05, 0) is 37.5 Å². The summed E-state index contributed by atoms with van der Waals surface area (Å²) in [5, 5.41) is 2.90. The molecule has 1 saturated carbocycles. The monoisotopic (exact) mass is 302 g/mol. The van der Waals surface area contributed by atoms with Gasteiger partial charge < -0.3 is 20.9 Å². The normalized spacial score (nSPS) is 19.7. The summed E-state index contributed by atoms with van der Waals surface area (Å²) in [5.41, 5.74) is 7.23. The van der Waals surface area contributed by atoms with Crippen LogP contribution in [0.1, 0.15) is 18.4 Å². The van der Waals surface area contributed by atoms with E-state index in [0.717, 1.165) is 24.1 Å². The van der Waals surface area contributed by atoms with Gasteiger partial charge in [0.1, 0.15) is 0 Å². The first-order valence-corrected chi connectivity index (χ1v) is 7.69. The van der Waals surface area contributed by atoms with E-state index in [1.165, 1.54) is 0 Å². The number of nitrogens with zero attached hydrogens (tertiary/aromatic N) is 2. The van der Waals surface area contributed by atoms with E-state index in [2.05, 4.69) is 5.32 Å². The van der Waals surface area contributed by atoms with E-state index in [1.807, 2.05) is 31.2 Å². The summed E-state index contributed by atoms with van der Waals surface area (Å²) in [5.74, 6) is 0.0336. The highest BCUT2D eigenvalue weighted by Gasteiger charge is 2.48. The highest BCUT2D eigenvalue weighted by atomic mass is 16.2. The molecule has 0 radical (unpaired) electrons. The van der Waals surface area contributed by atoms with Crippen molar-refractivity contribution in [3.05, 3.63) is 29.8 Å². The van der Waals surface area contributed by atoms with Crippen LogP contribution in [0.2, 0.25) is 0 Å². The third-order valence-electron chi connectivity index (χ3n) is 4.34. The fourth-order valence-electron chi connectivity index (χ4n) is 2.70. The van der Waals surface area contributed by atoms with Crippen molar-refractivity contribution in [3.63, 3.8) is 0 Å². The number of nitrogens with one attached hydrogen (secondary N) is 1. The summed E-state index contributed by atoms with van der Waals surface area (Å²) < 4.78 is 0. The molecule has 1 aliphatic carbocycles. The van der Waals surface area contributed by atoms with Crippen molar-refractivity contribution in [2.45, 2.75) is 25.3 Å². The molecule has 0 unspecified atom stereocenters. The number of piperazine rings is 1. The molecule has 0 bridgehead atoms. The van der Waals surface area contributed by atoms with Crippen molar-refractivity contribution in [3.8, 4) is 0 Å². The number of benzene rings is 1. The van der Waals surface area contributed by atoms with E-state index >= 15 is 0 Å². The summed E-state index contributed by atoms with van der Waals surface area (Å²) in [4.78, 5) is 27.9. The van der Waals surface area contributed by atoms with Gasteiger partial charge in [-0.3, -0.25) is 4.79 Å². The van der Waals surface area contributed by atoms with Crippen molar-refractivity contribution in [2.24, 2.45) is 5.73 Å². The van der Waals surface area contributed by atoms with Crippen LogP contribution in [0.15, 0.2) is 24.3 Å². The molecule has 6 heteroatoms. The lowest BCUT2D eigenvalue weighted by Gasteiger charge is -2.36. The maximum Gasteiger partial charge on any atom is 0.321 e. The van der Waals surface area contributed by atoms with Gasteiger partial charge >= 0.3 is 6.03 Å². The van der Waals surface area contributed by atoms with Gasteiger partial charge in [-0.1, -0.05) is 12.1 Å². The second-order valence-electron chi connectivity index (χ2n) is 6.24. The quantitative estimate of drug-likeness (QED) is 0.860. The topological polar surface area (TPSA) is 78.7 Å². The molecule has 0 aromatic heterocycles. The fraction of sp³-hybridized carbons (Fsp3) is 0.500. The van der Waals surface area contributed by atoms with E-state index in [0.29, 0.717) is 26.2 Å². The van der Waals surface area contributed by atoms with Gasteiger partial charge in [0, 0.05) is 31.9 Å². The lowest BCUT2D eigenvalue weighted by atomic mass is 10.2. The maximum absolute atomic E-state index is 12.3. The predicted octanol–water partition coefficient (Wildman–Crippen LogP) is 1.16. The van der Waals surface area contributed by atoms with E-state index in [-0.39, 0.29) is 11.9 Å². The Bertz CT molecular complexity index is 590. The molecule has 3 rings (SSSR count). The van der Waals surface area contributed by atoms with Crippen LogP contribution >= 0.6 is 0 Å². The van der Waals surface area contributed by atoms with Crippen LogP contribution in [-0.4, -0.2) is 53.5 Å². The lowest BCUT2D eigenvalue weighted by molar-refractivity contribution is -0.135. The molecule has 3 N–H and O–H groups in total. The standard InChI is InChI=1S/C16H22N4O2/c1-12-3-2-4-13(11-12)18-15(22)20-9-7-19(8-10-20)14(21)16(17)5-6-16/h2-4,11H,5-10,17H2,1H3,(H,18,22). The first kappa shape index (κ1) is 14.8. The number of hydrogen-bond donors (Lipinski definition) is 2. The van der Waals surface area contributed by atoms with Crippen LogP contribution in [-0.2, 0) is 4.79 Å². The molecule has 0 atom stereocenters. The SMILES string of the molecule is Cc1cccc(NC(=O)N2CCN(C(=O)C3(N)CC3)CC2)c1. The lowest BCUT2D eigenvalue weighted by Crippen LogP contribution is -2.55. The second-order valence-corrected chi connectivity index (χ2v) is 6.24. The molecule has 118 valence electrons. The number of carbonyl (C=O) groups is 2. The number of carbonyl (C=O) groups excluding carboxylic acids is 2. The molecular formula is C16H22N4O2. The number of anilines is 1. The van der Waals surface area contributed by atoms with Crippen LogP contribution in [0.4, 0.5) is 10.5 Å². The zero-order chi connectivity index (χ0) is 15.7. The molecule has 1 heterocycles. The Morgan fingerprint density at radius 3 is 2.36 bits per heavy atom.